The van der Waals surface area contributed by atoms with Crippen LogP contribution in [0.4, 0.5) is 4.39 Å². The van der Waals surface area contributed by atoms with Crippen LogP contribution in [-0.2, 0) is 11.2 Å². The van der Waals surface area contributed by atoms with E-state index in [2.05, 4.69) is 28.2 Å². The topological polar surface area (TPSA) is 21.3 Å². The van der Waals surface area contributed by atoms with Gasteiger partial charge < -0.3 is 10.1 Å². The Kier molecular flexibility index (Phi) is 5.58. The average molecular weight is 344 g/mol. The number of methoxy groups -OCH3 is 1. The van der Waals surface area contributed by atoms with Crippen molar-refractivity contribution >= 4 is 15.9 Å². The lowest BCUT2D eigenvalue weighted by Crippen LogP contribution is -2.46. The Morgan fingerprint density at radius 1 is 1.45 bits per heavy atom. The lowest BCUT2D eigenvalue weighted by atomic mass is 9.75. The minimum Gasteiger partial charge on any atom is -0.378 e. The van der Waals surface area contributed by atoms with Crippen LogP contribution in [0.15, 0.2) is 22.7 Å². The molecule has 20 heavy (non-hydrogen) atoms. The van der Waals surface area contributed by atoms with Crippen molar-refractivity contribution in [3.63, 3.8) is 0 Å². The van der Waals surface area contributed by atoms with Gasteiger partial charge in [0.1, 0.15) is 5.82 Å². The molecule has 0 aromatic heterocycles. The number of nitrogens with one attached hydrogen (secondary N) is 1. The summed E-state index contributed by atoms with van der Waals surface area (Å²) in [6.45, 7) is 3.06. The fourth-order valence-electron chi connectivity index (χ4n) is 2.97. The lowest BCUT2D eigenvalue weighted by Gasteiger charge is -2.43. The van der Waals surface area contributed by atoms with Crippen LogP contribution in [0.2, 0.25) is 0 Å². The molecule has 1 aromatic carbocycles. The molecule has 0 spiro atoms. The Balaban J connectivity index is 2.02. The molecular weight excluding hydrogens is 321 g/mol. The van der Waals surface area contributed by atoms with Gasteiger partial charge in [0.2, 0.25) is 0 Å². The zero-order valence-corrected chi connectivity index (χ0v) is 13.8. The van der Waals surface area contributed by atoms with Crippen LogP contribution in [0.25, 0.3) is 0 Å². The Morgan fingerprint density at radius 3 is 2.70 bits per heavy atom. The summed E-state index contributed by atoms with van der Waals surface area (Å²) in [6.07, 6.45) is 5.48. The summed E-state index contributed by atoms with van der Waals surface area (Å²) >= 11 is 3.25. The molecular formula is C16H23BrFNO. The average Bonchev–Trinajstić information content (AvgIpc) is 2.38. The van der Waals surface area contributed by atoms with Crippen LogP contribution in [0.5, 0.6) is 0 Å². The molecule has 1 atom stereocenters. The van der Waals surface area contributed by atoms with Crippen molar-refractivity contribution in [1.29, 1.82) is 0 Å². The molecule has 2 nitrogen and oxygen atoms in total. The van der Waals surface area contributed by atoms with Crippen molar-refractivity contribution in [1.82, 2.24) is 5.32 Å². The van der Waals surface area contributed by atoms with Crippen LogP contribution in [0, 0.1) is 5.82 Å². The highest BCUT2D eigenvalue weighted by molar-refractivity contribution is 9.10. The Morgan fingerprint density at radius 2 is 2.20 bits per heavy atom. The van der Waals surface area contributed by atoms with Crippen LogP contribution >= 0.6 is 15.9 Å². The predicted molar refractivity (Wildman–Crippen MR) is 83.5 cm³/mol. The molecule has 0 heterocycles. The summed E-state index contributed by atoms with van der Waals surface area (Å²) in [5.74, 6) is -0.207. The monoisotopic (exact) mass is 343 g/mol. The highest BCUT2D eigenvalue weighted by atomic mass is 79.9. The van der Waals surface area contributed by atoms with Crippen LogP contribution in [0.1, 0.15) is 38.2 Å². The second kappa shape index (κ2) is 7.01. The molecule has 1 aromatic rings. The van der Waals surface area contributed by atoms with Crippen molar-refractivity contribution in [2.24, 2.45) is 0 Å². The van der Waals surface area contributed by atoms with E-state index >= 15 is 0 Å². The number of benzene rings is 1. The van der Waals surface area contributed by atoms with Crippen LogP contribution in [0.3, 0.4) is 0 Å². The Bertz CT molecular complexity index is 443. The minimum absolute atomic E-state index is 0.0596. The van der Waals surface area contributed by atoms with Gasteiger partial charge >= 0.3 is 0 Å². The number of ether oxygens (including phenoxy) is 1. The van der Waals surface area contributed by atoms with Crippen LogP contribution < -0.4 is 5.32 Å². The molecule has 0 saturated heterocycles. The van der Waals surface area contributed by atoms with E-state index in [1.807, 2.05) is 19.2 Å². The number of rotatable bonds is 7. The molecule has 4 heteroatoms. The highest BCUT2D eigenvalue weighted by Crippen LogP contribution is 2.39. The zero-order chi connectivity index (χ0) is 14.6. The standard InChI is InChI=1S/C16H23BrFNO/c1-3-19-13(11-16(20-2)7-4-8-16)9-12-5-6-15(18)14(17)10-12/h5-6,10,13,19H,3-4,7-9,11H2,1-2H3. The van der Waals surface area contributed by atoms with Crippen molar-refractivity contribution < 1.29 is 9.13 Å². The number of hydrogen-bond donors (Lipinski definition) is 1. The molecule has 1 unspecified atom stereocenters. The summed E-state index contributed by atoms with van der Waals surface area (Å²) in [4.78, 5) is 0. The third kappa shape index (κ3) is 3.80. The molecule has 0 radical (unpaired) electrons. The number of likely N-dealkylation sites (N-methyl/N-ethyl adjacent to an activating group) is 1. The molecule has 0 amide bonds. The lowest BCUT2D eigenvalue weighted by molar-refractivity contribution is -0.0833. The van der Waals surface area contributed by atoms with Gasteiger partial charge in [-0.2, -0.15) is 0 Å². The fourth-order valence-corrected chi connectivity index (χ4v) is 3.39. The molecule has 112 valence electrons. The van der Waals surface area contributed by atoms with Crippen molar-refractivity contribution in [2.75, 3.05) is 13.7 Å². The summed E-state index contributed by atoms with van der Waals surface area (Å²) in [6, 6.07) is 5.64. The highest BCUT2D eigenvalue weighted by Gasteiger charge is 2.38. The maximum Gasteiger partial charge on any atom is 0.137 e. The predicted octanol–water partition coefficient (Wildman–Crippen LogP) is 4.07. The van der Waals surface area contributed by atoms with Crippen molar-refractivity contribution in [2.45, 2.75) is 50.7 Å². The van der Waals surface area contributed by atoms with E-state index in [-0.39, 0.29) is 11.4 Å². The largest absolute Gasteiger partial charge is 0.378 e. The second-order valence-corrected chi connectivity index (χ2v) is 6.51. The Labute approximate surface area is 129 Å². The number of hydrogen-bond acceptors (Lipinski definition) is 2. The molecule has 1 aliphatic rings. The maximum atomic E-state index is 13.3. The first-order chi connectivity index (χ1) is 9.58. The van der Waals surface area contributed by atoms with E-state index in [1.165, 1.54) is 12.5 Å². The quantitative estimate of drug-likeness (QED) is 0.805. The summed E-state index contributed by atoms with van der Waals surface area (Å²) in [5, 5.41) is 3.53. The van der Waals surface area contributed by atoms with Gasteiger partial charge in [-0.3, -0.25) is 0 Å². The molecule has 1 aliphatic carbocycles. The minimum atomic E-state index is -0.207. The van der Waals surface area contributed by atoms with Gasteiger partial charge in [0.05, 0.1) is 10.1 Å². The molecule has 1 saturated carbocycles. The molecule has 1 N–H and O–H groups in total. The van der Waals surface area contributed by atoms with Crippen LogP contribution in [-0.4, -0.2) is 25.3 Å². The van der Waals surface area contributed by atoms with Gasteiger partial charge in [0, 0.05) is 13.2 Å². The number of halogens is 2. The van der Waals surface area contributed by atoms with Gasteiger partial charge in [0.25, 0.3) is 0 Å². The third-order valence-electron chi connectivity index (χ3n) is 4.28. The first kappa shape index (κ1) is 15.9. The van der Waals surface area contributed by atoms with Gasteiger partial charge in [-0.05, 0) is 72.3 Å². The van der Waals surface area contributed by atoms with Gasteiger partial charge in [-0.1, -0.05) is 13.0 Å². The second-order valence-electron chi connectivity index (χ2n) is 5.65. The first-order valence-electron chi connectivity index (χ1n) is 7.31. The smallest absolute Gasteiger partial charge is 0.137 e. The van der Waals surface area contributed by atoms with E-state index in [0.29, 0.717) is 10.5 Å². The van der Waals surface area contributed by atoms with Gasteiger partial charge in [0.15, 0.2) is 0 Å². The first-order valence-corrected chi connectivity index (χ1v) is 8.10. The Hall–Kier alpha value is -0.450. The van der Waals surface area contributed by atoms with E-state index < -0.39 is 0 Å². The summed E-state index contributed by atoms with van der Waals surface area (Å²) in [5.41, 5.74) is 1.21. The van der Waals surface area contributed by atoms with Gasteiger partial charge in [-0.15, -0.1) is 0 Å². The van der Waals surface area contributed by atoms with E-state index in [1.54, 1.807) is 0 Å². The van der Waals surface area contributed by atoms with E-state index in [9.17, 15) is 4.39 Å². The van der Waals surface area contributed by atoms with Gasteiger partial charge in [-0.25, -0.2) is 4.39 Å². The third-order valence-corrected chi connectivity index (χ3v) is 4.88. The molecule has 0 bridgehead atoms. The fraction of sp³-hybridized carbons (Fsp3) is 0.625. The summed E-state index contributed by atoms with van der Waals surface area (Å²) < 4.78 is 19.6. The van der Waals surface area contributed by atoms with Crippen molar-refractivity contribution in [3.8, 4) is 0 Å². The normalized spacial score (nSPS) is 18.6. The molecule has 2 rings (SSSR count). The zero-order valence-electron chi connectivity index (χ0n) is 12.2. The molecule has 0 aliphatic heterocycles. The maximum absolute atomic E-state index is 13.3. The SMILES string of the molecule is CCNC(Cc1ccc(F)c(Br)c1)CC1(OC)CCC1. The summed E-state index contributed by atoms with van der Waals surface area (Å²) in [7, 11) is 1.82. The van der Waals surface area contributed by atoms with E-state index in [0.717, 1.165) is 37.8 Å². The van der Waals surface area contributed by atoms with Crippen molar-refractivity contribution in [3.05, 3.63) is 34.1 Å². The molecule has 1 fully saturated rings. The van der Waals surface area contributed by atoms with E-state index in [4.69, 9.17) is 4.74 Å².